The summed E-state index contributed by atoms with van der Waals surface area (Å²) in [5, 5.41) is 16.2. The minimum absolute atomic E-state index is 0.336. The molecule has 0 unspecified atom stereocenters. The third-order valence-corrected chi connectivity index (χ3v) is 5.12. The fourth-order valence-electron chi connectivity index (χ4n) is 3.91. The van der Waals surface area contributed by atoms with Gasteiger partial charge in [-0.05, 0) is 56.3 Å². The molecule has 0 aliphatic heterocycles. The third-order valence-electron chi connectivity index (χ3n) is 5.12. The van der Waals surface area contributed by atoms with Gasteiger partial charge in [-0.1, -0.05) is 72.8 Å². The second-order valence-electron chi connectivity index (χ2n) is 6.66. The van der Waals surface area contributed by atoms with E-state index in [1.54, 1.807) is 0 Å². The molecule has 0 aromatic heterocycles. The van der Waals surface area contributed by atoms with Crippen molar-refractivity contribution in [2.75, 3.05) is 0 Å². The largest absolute Gasteiger partial charge is 0.538 e. The first-order chi connectivity index (χ1) is 13.3. The van der Waals surface area contributed by atoms with E-state index in [-0.39, 0.29) is 7.69 Å². The normalized spacial score (nSPS) is 11.1. The molecule has 0 saturated carbocycles. The molecule has 0 radical (unpaired) electrons. The van der Waals surface area contributed by atoms with Crippen molar-refractivity contribution in [3.8, 4) is 16.9 Å². The smallest absolute Gasteiger partial charge is 0.504 e. The summed E-state index contributed by atoms with van der Waals surface area (Å²) in [6.07, 6.45) is 0. The molecule has 0 fully saturated rings. The Morgan fingerprint density at radius 2 is 1.33 bits per heavy atom. The number of fused-ring (bicyclic) bond motifs is 3. The van der Waals surface area contributed by atoms with Crippen LogP contribution in [0.5, 0.6) is 5.75 Å². The van der Waals surface area contributed by atoms with Gasteiger partial charge in [0.25, 0.3) is 0 Å². The number of hydrogen-bond acceptors (Lipinski definition) is 2. The predicted molar refractivity (Wildman–Crippen MR) is 114 cm³/mol. The molecule has 2 nitrogen and oxygen atoms in total. The molecule has 128 valence electrons. The van der Waals surface area contributed by atoms with Crippen molar-refractivity contribution in [3.63, 3.8) is 0 Å². The lowest BCUT2D eigenvalue weighted by Gasteiger charge is -2.15. The number of rotatable bonds is 3. The highest BCUT2D eigenvalue weighted by Gasteiger charge is 2.13. The molecule has 1 N–H and O–H groups in total. The van der Waals surface area contributed by atoms with Crippen molar-refractivity contribution in [2.45, 2.75) is 0 Å². The molecule has 5 aromatic rings. The molecule has 0 bridgehead atoms. The van der Waals surface area contributed by atoms with Gasteiger partial charge in [0, 0.05) is 5.39 Å². The Balaban J connectivity index is 1.91. The fourth-order valence-corrected chi connectivity index (χ4v) is 3.91. The zero-order valence-electron chi connectivity index (χ0n) is 14.7. The average Bonchev–Trinajstić information content (AvgIpc) is 2.72. The minimum Gasteiger partial charge on any atom is -0.538 e. The molecule has 0 spiro atoms. The maximum Gasteiger partial charge on any atom is 0.504 e. The van der Waals surface area contributed by atoms with E-state index < -0.39 is 0 Å². The maximum atomic E-state index is 9.27. The van der Waals surface area contributed by atoms with Gasteiger partial charge in [0.1, 0.15) is 5.75 Å². The first-order valence-electron chi connectivity index (χ1n) is 9.02. The van der Waals surface area contributed by atoms with Crippen molar-refractivity contribution in [2.24, 2.45) is 0 Å². The van der Waals surface area contributed by atoms with Crippen LogP contribution in [0.2, 0.25) is 0 Å². The highest BCUT2D eigenvalue weighted by atomic mass is 16.5. The first-order valence-corrected chi connectivity index (χ1v) is 9.02. The molecular weight excluding hydrogens is 331 g/mol. The van der Waals surface area contributed by atoms with Crippen LogP contribution >= 0.6 is 0 Å². The van der Waals surface area contributed by atoms with Crippen LogP contribution in [0.3, 0.4) is 0 Å². The molecule has 0 aliphatic carbocycles. The lowest BCUT2D eigenvalue weighted by Crippen LogP contribution is -2.00. The Kier molecular flexibility index (Phi) is 3.81. The Labute approximate surface area is 157 Å². The van der Waals surface area contributed by atoms with Crippen molar-refractivity contribution in [1.82, 2.24) is 0 Å². The zero-order valence-corrected chi connectivity index (χ0v) is 14.7. The van der Waals surface area contributed by atoms with E-state index in [0.717, 1.165) is 16.2 Å². The van der Waals surface area contributed by atoms with Crippen LogP contribution in [0.25, 0.3) is 43.4 Å². The monoisotopic (exact) mass is 348 g/mol. The van der Waals surface area contributed by atoms with Crippen molar-refractivity contribution < 1.29 is 9.68 Å². The summed E-state index contributed by atoms with van der Waals surface area (Å²) in [7, 11) is -0.336. The van der Waals surface area contributed by atoms with E-state index in [9.17, 15) is 5.02 Å². The SMILES string of the molecule is OBOc1cccc2c(-c3ccc4ccccc4c3)c3ccccc3cc12. The van der Waals surface area contributed by atoms with Crippen LogP contribution in [0.4, 0.5) is 0 Å². The van der Waals surface area contributed by atoms with E-state index in [2.05, 4.69) is 72.8 Å². The van der Waals surface area contributed by atoms with Gasteiger partial charge < -0.3 is 9.68 Å². The highest BCUT2D eigenvalue weighted by molar-refractivity contribution is 6.19. The van der Waals surface area contributed by atoms with Gasteiger partial charge >= 0.3 is 7.69 Å². The molecule has 5 rings (SSSR count). The van der Waals surface area contributed by atoms with Gasteiger partial charge in [-0.3, -0.25) is 0 Å². The van der Waals surface area contributed by atoms with Crippen molar-refractivity contribution >= 4 is 40.0 Å². The van der Waals surface area contributed by atoms with Gasteiger partial charge in [-0.15, -0.1) is 0 Å². The molecule has 0 aliphatic rings. The predicted octanol–water partition coefficient (Wildman–Crippen LogP) is 5.45. The van der Waals surface area contributed by atoms with Crippen LogP contribution in [-0.4, -0.2) is 12.7 Å². The molecular formula is C24H17BO2. The van der Waals surface area contributed by atoms with E-state index in [4.69, 9.17) is 4.65 Å². The van der Waals surface area contributed by atoms with Crippen molar-refractivity contribution in [3.05, 3.63) is 91.0 Å². The molecule has 3 heteroatoms. The Morgan fingerprint density at radius 3 is 2.19 bits per heavy atom. The molecule has 27 heavy (non-hydrogen) atoms. The van der Waals surface area contributed by atoms with Crippen LogP contribution < -0.4 is 4.65 Å². The Hall–Kier alpha value is -3.30. The topological polar surface area (TPSA) is 29.5 Å². The van der Waals surface area contributed by atoms with E-state index in [0.29, 0.717) is 5.75 Å². The lowest BCUT2D eigenvalue weighted by atomic mass is 9.90. The quantitative estimate of drug-likeness (QED) is 0.347. The Bertz CT molecular complexity index is 1290. The van der Waals surface area contributed by atoms with Crippen LogP contribution in [0, 0.1) is 0 Å². The van der Waals surface area contributed by atoms with Crippen LogP contribution in [0.15, 0.2) is 91.0 Å². The van der Waals surface area contributed by atoms with Gasteiger partial charge in [0.2, 0.25) is 0 Å². The van der Waals surface area contributed by atoms with Gasteiger partial charge in [0.05, 0.1) is 0 Å². The fraction of sp³-hybridized carbons (Fsp3) is 0. The molecule has 0 heterocycles. The second kappa shape index (κ2) is 6.46. The molecule has 0 amide bonds. The van der Waals surface area contributed by atoms with E-state index in [1.165, 1.54) is 27.3 Å². The van der Waals surface area contributed by atoms with E-state index in [1.807, 2.05) is 18.2 Å². The number of hydrogen-bond donors (Lipinski definition) is 1. The summed E-state index contributed by atoms with van der Waals surface area (Å²) in [5.41, 5.74) is 2.37. The molecule has 0 atom stereocenters. The number of benzene rings is 5. The summed E-state index contributed by atoms with van der Waals surface area (Å²) >= 11 is 0. The van der Waals surface area contributed by atoms with Crippen molar-refractivity contribution in [1.29, 1.82) is 0 Å². The maximum absolute atomic E-state index is 9.27. The summed E-state index contributed by atoms with van der Waals surface area (Å²) in [6.45, 7) is 0. The standard InChI is InChI=1S/C24H17BO2/c26-25-27-23-11-5-10-21-22(23)15-18-8-3-4-9-20(18)24(21)19-13-12-16-6-1-2-7-17(16)14-19/h1-15,25-26H. The molecule has 5 aromatic carbocycles. The summed E-state index contributed by atoms with van der Waals surface area (Å²) in [6, 6.07) is 31.6. The van der Waals surface area contributed by atoms with Gasteiger partial charge in [-0.25, -0.2) is 0 Å². The minimum atomic E-state index is -0.336. The van der Waals surface area contributed by atoms with Crippen LogP contribution in [-0.2, 0) is 0 Å². The Morgan fingerprint density at radius 1 is 0.593 bits per heavy atom. The lowest BCUT2D eigenvalue weighted by molar-refractivity contribution is 0.457. The molecule has 0 saturated heterocycles. The van der Waals surface area contributed by atoms with Crippen LogP contribution in [0.1, 0.15) is 0 Å². The second-order valence-corrected chi connectivity index (χ2v) is 6.66. The zero-order chi connectivity index (χ0) is 18.2. The van der Waals surface area contributed by atoms with E-state index >= 15 is 0 Å². The highest BCUT2D eigenvalue weighted by Crippen LogP contribution is 2.40. The van der Waals surface area contributed by atoms with Gasteiger partial charge in [-0.2, -0.15) is 0 Å². The van der Waals surface area contributed by atoms with Gasteiger partial charge in [0.15, 0.2) is 0 Å². The third kappa shape index (κ3) is 2.64. The average molecular weight is 348 g/mol. The summed E-state index contributed by atoms with van der Waals surface area (Å²) in [4.78, 5) is 0. The summed E-state index contributed by atoms with van der Waals surface area (Å²) in [5.74, 6) is 0.697. The summed E-state index contributed by atoms with van der Waals surface area (Å²) < 4.78 is 5.48. The first kappa shape index (κ1) is 15.9.